The molecule has 0 aromatic carbocycles. The number of hydrogen-bond acceptors (Lipinski definition) is 1. The fourth-order valence-corrected chi connectivity index (χ4v) is 0.985. The summed E-state index contributed by atoms with van der Waals surface area (Å²) in [7, 11) is 2.08. The van der Waals surface area contributed by atoms with Crippen molar-refractivity contribution in [3.63, 3.8) is 0 Å². The largest absolute Gasteiger partial charge is 0.377 e. The molecular formula is C11H19N. The second-order valence-corrected chi connectivity index (χ2v) is 2.96. The van der Waals surface area contributed by atoms with Crippen molar-refractivity contribution in [2.45, 2.75) is 20.3 Å². The molecule has 0 rings (SSSR count). The minimum absolute atomic E-state index is 0.975. The summed E-state index contributed by atoms with van der Waals surface area (Å²) in [5.41, 5.74) is 1.33. The molecule has 0 aliphatic heterocycles. The molecule has 0 saturated heterocycles. The van der Waals surface area contributed by atoms with Gasteiger partial charge in [0.15, 0.2) is 0 Å². The van der Waals surface area contributed by atoms with Gasteiger partial charge < -0.3 is 4.90 Å². The van der Waals surface area contributed by atoms with E-state index in [-0.39, 0.29) is 0 Å². The quantitative estimate of drug-likeness (QED) is 0.566. The maximum absolute atomic E-state index is 3.66. The van der Waals surface area contributed by atoms with E-state index < -0.39 is 0 Å². The molecule has 0 atom stereocenters. The molecule has 0 aromatic heterocycles. The molecule has 0 aliphatic carbocycles. The summed E-state index contributed by atoms with van der Waals surface area (Å²) in [6.07, 6.45) is 9.22. The van der Waals surface area contributed by atoms with Crippen LogP contribution >= 0.6 is 0 Å². The first-order valence-corrected chi connectivity index (χ1v) is 4.35. The monoisotopic (exact) mass is 165 g/mol. The molecule has 0 fully saturated rings. The summed E-state index contributed by atoms with van der Waals surface area (Å²) in [6.45, 7) is 8.88. The predicted octanol–water partition coefficient (Wildman–Crippen LogP) is 2.97. The SMILES string of the molecule is C=C/C=C(\C)CN(C)/C=C\CC. The Labute approximate surface area is 76.1 Å². The van der Waals surface area contributed by atoms with Crippen molar-refractivity contribution < 1.29 is 0 Å². The van der Waals surface area contributed by atoms with E-state index in [1.807, 2.05) is 12.2 Å². The minimum Gasteiger partial charge on any atom is -0.377 e. The highest BCUT2D eigenvalue weighted by Gasteiger charge is 1.90. The third kappa shape index (κ3) is 5.78. The lowest BCUT2D eigenvalue weighted by Gasteiger charge is -2.13. The lowest BCUT2D eigenvalue weighted by molar-refractivity contribution is 0.495. The molecule has 1 nitrogen and oxygen atoms in total. The number of likely N-dealkylation sites (N-methyl/N-ethyl adjacent to an activating group) is 1. The molecule has 0 radical (unpaired) electrons. The van der Waals surface area contributed by atoms with Crippen LogP contribution in [0.4, 0.5) is 0 Å². The van der Waals surface area contributed by atoms with Crippen LogP contribution in [0.5, 0.6) is 0 Å². The van der Waals surface area contributed by atoms with Crippen LogP contribution in [0.15, 0.2) is 36.6 Å². The fourth-order valence-electron chi connectivity index (χ4n) is 0.985. The molecule has 0 spiro atoms. The van der Waals surface area contributed by atoms with Crippen molar-refractivity contribution in [1.82, 2.24) is 4.90 Å². The third-order valence-corrected chi connectivity index (χ3v) is 1.50. The van der Waals surface area contributed by atoms with E-state index in [0.29, 0.717) is 0 Å². The van der Waals surface area contributed by atoms with Gasteiger partial charge in [-0.15, -0.1) is 0 Å². The second-order valence-electron chi connectivity index (χ2n) is 2.96. The van der Waals surface area contributed by atoms with Gasteiger partial charge in [-0.25, -0.2) is 0 Å². The fraction of sp³-hybridized carbons (Fsp3) is 0.455. The standard InChI is InChI=1S/C11H19N/c1-5-7-9-12(4)10-11(3)8-6-2/h6-9H,2,5,10H2,1,3-4H3/b9-7-,11-8+. The molecule has 0 amide bonds. The first-order chi connectivity index (χ1) is 5.70. The molecule has 0 saturated carbocycles. The van der Waals surface area contributed by atoms with Crippen molar-refractivity contribution in [2.75, 3.05) is 13.6 Å². The van der Waals surface area contributed by atoms with Crippen molar-refractivity contribution in [3.8, 4) is 0 Å². The van der Waals surface area contributed by atoms with Gasteiger partial charge in [0.1, 0.15) is 0 Å². The van der Waals surface area contributed by atoms with Crippen LogP contribution < -0.4 is 0 Å². The van der Waals surface area contributed by atoms with Crippen LogP contribution in [-0.4, -0.2) is 18.5 Å². The van der Waals surface area contributed by atoms with Gasteiger partial charge in [0.2, 0.25) is 0 Å². The molecule has 0 heterocycles. The van der Waals surface area contributed by atoms with Crippen molar-refractivity contribution in [3.05, 3.63) is 36.6 Å². The molecule has 0 aliphatic rings. The second kappa shape index (κ2) is 6.71. The van der Waals surface area contributed by atoms with E-state index in [0.717, 1.165) is 13.0 Å². The molecular weight excluding hydrogens is 146 g/mol. The van der Waals surface area contributed by atoms with Crippen LogP contribution in [0.3, 0.4) is 0 Å². The van der Waals surface area contributed by atoms with Gasteiger partial charge >= 0.3 is 0 Å². The first kappa shape index (κ1) is 11.0. The van der Waals surface area contributed by atoms with Crippen LogP contribution in [0.25, 0.3) is 0 Å². The Morgan fingerprint density at radius 1 is 1.50 bits per heavy atom. The average molecular weight is 165 g/mol. The smallest absolute Gasteiger partial charge is 0.0380 e. The number of hydrogen-bond donors (Lipinski definition) is 0. The first-order valence-electron chi connectivity index (χ1n) is 4.35. The molecule has 0 N–H and O–H groups in total. The topological polar surface area (TPSA) is 3.24 Å². The lowest BCUT2D eigenvalue weighted by atomic mass is 10.2. The molecule has 1 heteroatoms. The Morgan fingerprint density at radius 3 is 2.67 bits per heavy atom. The summed E-state index contributed by atoms with van der Waals surface area (Å²) in [4.78, 5) is 2.17. The highest BCUT2D eigenvalue weighted by Crippen LogP contribution is 1.97. The Hall–Kier alpha value is -0.980. The highest BCUT2D eigenvalue weighted by molar-refractivity contribution is 5.09. The van der Waals surface area contributed by atoms with Crippen LogP contribution in [0, 0.1) is 0 Å². The minimum atomic E-state index is 0.975. The molecule has 0 aromatic rings. The number of nitrogens with zero attached hydrogens (tertiary/aromatic N) is 1. The maximum atomic E-state index is 3.66. The molecule has 12 heavy (non-hydrogen) atoms. The molecule has 0 unspecified atom stereocenters. The van der Waals surface area contributed by atoms with E-state index in [2.05, 4.69) is 44.6 Å². The van der Waals surface area contributed by atoms with Gasteiger partial charge in [-0.3, -0.25) is 0 Å². The van der Waals surface area contributed by atoms with Crippen LogP contribution in [0.2, 0.25) is 0 Å². The Bertz CT molecular complexity index is 177. The van der Waals surface area contributed by atoms with Gasteiger partial charge in [-0.1, -0.05) is 37.3 Å². The van der Waals surface area contributed by atoms with Gasteiger partial charge in [0.05, 0.1) is 0 Å². The van der Waals surface area contributed by atoms with Gasteiger partial charge in [0, 0.05) is 13.6 Å². The Kier molecular flexibility index (Phi) is 6.16. The third-order valence-electron chi connectivity index (χ3n) is 1.50. The zero-order valence-corrected chi connectivity index (χ0v) is 8.38. The number of rotatable bonds is 5. The van der Waals surface area contributed by atoms with Crippen molar-refractivity contribution in [2.24, 2.45) is 0 Å². The summed E-state index contributed by atoms with van der Waals surface area (Å²) >= 11 is 0. The highest BCUT2D eigenvalue weighted by atomic mass is 15.1. The van der Waals surface area contributed by atoms with Crippen molar-refractivity contribution in [1.29, 1.82) is 0 Å². The lowest BCUT2D eigenvalue weighted by Crippen LogP contribution is -2.12. The Balaban J connectivity index is 3.83. The van der Waals surface area contributed by atoms with Gasteiger partial charge in [0.25, 0.3) is 0 Å². The van der Waals surface area contributed by atoms with Gasteiger partial charge in [-0.2, -0.15) is 0 Å². The van der Waals surface area contributed by atoms with Gasteiger partial charge in [-0.05, 0) is 19.5 Å². The molecule has 0 bridgehead atoms. The van der Waals surface area contributed by atoms with Crippen molar-refractivity contribution >= 4 is 0 Å². The van der Waals surface area contributed by atoms with E-state index in [4.69, 9.17) is 0 Å². The van der Waals surface area contributed by atoms with E-state index >= 15 is 0 Å². The average Bonchev–Trinajstić information content (AvgIpc) is 2.01. The zero-order valence-electron chi connectivity index (χ0n) is 8.38. The summed E-state index contributed by atoms with van der Waals surface area (Å²) < 4.78 is 0. The van der Waals surface area contributed by atoms with Crippen LogP contribution in [0.1, 0.15) is 20.3 Å². The number of allylic oxidation sites excluding steroid dienone is 3. The summed E-state index contributed by atoms with van der Waals surface area (Å²) in [5.74, 6) is 0. The van der Waals surface area contributed by atoms with E-state index in [1.165, 1.54) is 5.57 Å². The summed E-state index contributed by atoms with van der Waals surface area (Å²) in [5, 5.41) is 0. The van der Waals surface area contributed by atoms with Crippen LogP contribution in [-0.2, 0) is 0 Å². The van der Waals surface area contributed by atoms with E-state index in [1.54, 1.807) is 0 Å². The zero-order chi connectivity index (χ0) is 9.40. The normalized spacial score (nSPS) is 12.1. The Morgan fingerprint density at radius 2 is 2.17 bits per heavy atom. The predicted molar refractivity (Wildman–Crippen MR) is 56.0 cm³/mol. The van der Waals surface area contributed by atoms with E-state index in [9.17, 15) is 0 Å². The summed E-state index contributed by atoms with van der Waals surface area (Å²) in [6, 6.07) is 0. The molecule has 68 valence electrons. The maximum Gasteiger partial charge on any atom is 0.0380 e.